The third kappa shape index (κ3) is 12.8. The number of thioether (sulfide) groups is 1. The molecule has 0 aromatic rings. The average molecular weight is 303 g/mol. The number of hydrogen-bond acceptors (Lipinski definition) is 2. The lowest BCUT2D eigenvalue weighted by Crippen LogP contribution is -2.17. The highest BCUT2D eigenvalue weighted by Gasteiger charge is 2.16. The lowest BCUT2D eigenvalue weighted by molar-refractivity contribution is -0.136. The molecule has 3 nitrogen and oxygen atoms in total. The molecule has 20 heavy (non-hydrogen) atoms. The Kier molecular flexibility index (Phi) is 15.0. The largest absolute Gasteiger partial charge is 0.480 e. The quantitative estimate of drug-likeness (QED) is 0.437. The highest BCUT2D eigenvalue weighted by Crippen LogP contribution is 2.19. The molecule has 0 aromatic carbocycles. The Labute approximate surface area is 128 Å². The van der Waals surface area contributed by atoms with Crippen LogP contribution in [0.2, 0.25) is 0 Å². The van der Waals surface area contributed by atoms with Crippen LogP contribution in [-0.2, 0) is 9.90 Å². The molecule has 1 atom stereocenters. The first-order chi connectivity index (χ1) is 9.72. The van der Waals surface area contributed by atoms with Crippen LogP contribution in [0.25, 0.3) is 0 Å². The first-order valence-corrected chi connectivity index (χ1v) is 9.19. The molecule has 0 spiro atoms. The number of aliphatic carboxylic acids is 1. The summed E-state index contributed by atoms with van der Waals surface area (Å²) in [5.41, 5.74) is 0. The van der Waals surface area contributed by atoms with Crippen molar-refractivity contribution in [2.45, 2.75) is 82.8 Å². The van der Waals surface area contributed by atoms with E-state index in [4.69, 9.17) is 5.11 Å². The number of hydrogen-bond donors (Lipinski definition) is 1. The molecule has 1 unspecified atom stereocenters. The van der Waals surface area contributed by atoms with Gasteiger partial charge >= 0.3 is 5.97 Å². The van der Waals surface area contributed by atoms with Gasteiger partial charge in [0.1, 0.15) is 5.25 Å². The van der Waals surface area contributed by atoms with Crippen LogP contribution in [0.1, 0.15) is 77.6 Å². The second-order valence-corrected chi connectivity index (χ2v) is 6.68. The van der Waals surface area contributed by atoms with Gasteiger partial charge in [0.15, 0.2) is 0 Å². The molecule has 1 radical (unpaired) electrons. The molecule has 4 heteroatoms. The zero-order chi connectivity index (χ0) is 15.1. The van der Waals surface area contributed by atoms with E-state index in [0.29, 0.717) is 12.2 Å². The fourth-order valence-corrected chi connectivity index (χ4v) is 3.14. The Morgan fingerprint density at radius 1 is 0.950 bits per heavy atom. The summed E-state index contributed by atoms with van der Waals surface area (Å²) >= 11 is 1.30. The average Bonchev–Trinajstić information content (AvgIpc) is 2.43. The minimum absolute atomic E-state index is 0.188. The monoisotopic (exact) mass is 303 g/mol. The lowest BCUT2D eigenvalue weighted by atomic mass is 10.1. The SMILES string of the molecule is CCCCCCCCCCCCC(SCC[O])C(=O)O. The minimum atomic E-state index is -0.764. The van der Waals surface area contributed by atoms with Crippen molar-refractivity contribution in [3.05, 3.63) is 0 Å². The van der Waals surface area contributed by atoms with Gasteiger partial charge in [-0.1, -0.05) is 71.1 Å². The first-order valence-electron chi connectivity index (χ1n) is 8.14. The topological polar surface area (TPSA) is 57.2 Å². The summed E-state index contributed by atoms with van der Waals surface area (Å²) in [6.45, 7) is 2.05. The number of carbonyl (C=O) groups is 1. The van der Waals surface area contributed by atoms with Crippen molar-refractivity contribution < 1.29 is 15.0 Å². The number of unbranched alkanes of at least 4 members (excludes halogenated alkanes) is 9. The van der Waals surface area contributed by atoms with E-state index in [0.717, 1.165) is 12.8 Å². The summed E-state index contributed by atoms with van der Waals surface area (Å²) < 4.78 is 0. The molecule has 0 saturated carbocycles. The normalized spacial score (nSPS) is 12.5. The van der Waals surface area contributed by atoms with Crippen molar-refractivity contribution in [1.29, 1.82) is 0 Å². The van der Waals surface area contributed by atoms with E-state index >= 15 is 0 Å². The highest BCUT2D eigenvalue weighted by atomic mass is 32.2. The van der Waals surface area contributed by atoms with Gasteiger partial charge in [-0.25, -0.2) is 5.11 Å². The molecular formula is C16H31O3S. The molecule has 0 aliphatic rings. The Morgan fingerprint density at radius 2 is 1.45 bits per heavy atom. The number of carboxylic acids is 1. The van der Waals surface area contributed by atoms with Gasteiger partial charge in [-0.05, 0) is 6.42 Å². The molecule has 0 aliphatic carbocycles. The van der Waals surface area contributed by atoms with Crippen LogP contribution in [0.15, 0.2) is 0 Å². The van der Waals surface area contributed by atoms with Crippen LogP contribution in [-0.4, -0.2) is 28.7 Å². The molecule has 0 aromatic heterocycles. The van der Waals surface area contributed by atoms with E-state index in [1.807, 2.05) is 0 Å². The van der Waals surface area contributed by atoms with Gasteiger partial charge in [-0.2, -0.15) is 0 Å². The maximum Gasteiger partial charge on any atom is 0.316 e. The number of carboxylic acid groups (broad SMARTS) is 1. The second kappa shape index (κ2) is 15.2. The van der Waals surface area contributed by atoms with Crippen LogP contribution in [0, 0.1) is 0 Å². The standard InChI is InChI=1S/C16H31O3S/c1-2-3-4-5-6-7-8-9-10-11-12-15(16(18)19)20-14-13-17/h15H,2-14H2,1H3,(H,18,19). The summed E-state index contributed by atoms with van der Waals surface area (Å²) in [7, 11) is 0. The van der Waals surface area contributed by atoms with E-state index in [9.17, 15) is 9.90 Å². The predicted molar refractivity (Wildman–Crippen MR) is 85.9 cm³/mol. The zero-order valence-corrected chi connectivity index (χ0v) is 13.8. The molecule has 0 bridgehead atoms. The Hall–Kier alpha value is -0.220. The molecule has 0 amide bonds. The van der Waals surface area contributed by atoms with Gasteiger partial charge in [0.05, 0.1) is 6.61 Å². The number of rotatable bonds is 15. The van der Waals surface area contributed by atoms with Gasteiger partial charge in [0, 0.05) is 5.75 Å². The van der Waals surface area contributed by atoms with E-state index < -0.39 is 5.97 Å². The summed E-state index contributed by atoms with van der Waals surface area (Å²) in [4.78, 5) is 11.0. The van der Waals surface area contributed by atoms with Crippen LogP contribution in [0.5, 0.6) is 0 Å². The molecule has 119 valence electrons. The van der Waals surface area contributed by atoms with Crippen LogP contribution >= 0.6 is 11.8 Å². The molecule has 1 N–H and O–H groups in total. The van der Waals surface area contributed by atoms with Crippen molar-refractivity contribution in [3.63, 3.8) is 0 Å². The molecular weight excluding hydrogens is 272 g/mol. The van der Waals surface area contributed by atoms with E-state index in [-0.39, 0.29) is 11.9 Å². The summed E-state index contributed by atoms with van der Waals surface area (Å²) in [6.07, 6.45) is 13.3. The zero-order valence-electron chi connectivity index (χ0n) is 12.9. The predicted octanol–water partition coefficient (Wildman–Crippen LogP) is 4.91. The fraction of sp³-hybridized carbons (Fsp3) is 0.938. The highest BCUT2D eigenvalue weighted by molar-refractivity contribution is 8.00. The Balaban J connectivity index is 3.34. The summed E-state index contributed by atoms with van der Waals surface area (Å²) in [6, 6.07) is 0. The van der Waals surface area contributed by atoms with Crippen LogP contribution in [0.3, 0.4) is 0 Å². The second-order valence-electron chi connectivity index (χ2n) is 5.37. The maximum atomic E-state index is 11.0. The van der Waals surface area contributed by atoms with E-state index in [1.54, 1.807) is 0 Å². The van der Waals surface area contributed by atoms with Crippen molar-refractivity contribution in [2.75, 3.05) is 12.4 Å². The smallest absolute Gasteiger partial charge is 0.316 e. The van der Waals surface area contributed by atoms with E-state index in [2.05, 4.69) is 6.92 Å². The summed E-state index contributed by atoms with van der Waals surface area (Å²) in [5.74, 6) is -0.353. The van der Waals surface area contributed by atoms with Crippen molar-refractivity contribution in [3.8, 4) is 0 Å². The molecule has 0 rings (SSSR count). The molecule has 0 fully saturated rings. The molecule has 0 saturated heterocycles. The van der Waals surface area contributed by atoms with Crippen molar-refractivity contribution in [1.82, 2.24) is 0 Å². The minimum Gasteiger partial charge on any atom is -0.480 e. The molecule has 0 aliphatic heterocycles. The molecule has 0 heterocycles. The van der Waals surface area contributed by atoms with Gasteiger partial charge < -0.3 is 5.11 Å². The first kappa shape index (κ1) is 19.8. The lowest BCUT2D eigenvalue weighted by Gasteiger charge is -2.10. The third-order valence-corrected chi connectivity index (χ3v) is 4.74. The summed E-state index contributed by atoms with van der Waals surface area (Å²) in [5, 5.41) is 19.0. The fourth-order valence-electron chi connectivity index (χ4n) is 2.29. The van der Waals surface area contributed by atoms with Gasteiger partial charge in [0.25, 0.3) is 0 Å². The van der Waals surface area contributed by atoms with Crippen LogP contribution in [0.4, 0.5) is 0 Å². The maximum absolute atomic E-state index is 11.0. The van der Waals surface area contributed by atoms with Gasteiger partial charge in [-0.15, -0.1) is 11.8 Å². The van der Waals surface area contributed by atoms with Gasteiger partial charge in [0.2, 0.25) is 0 Å². The third-order valence-electron chi connectivity index (χ3n) is 3.50. The van der Waals surface area contributed by atoms with Crippen molar-refractivity contribution in [2.24, 2.45) is 0 Å². The van der Waals surface area contributed by atoms with Gasteiger partial charge in [-0.3, -0.25) is 4.79 Å². The van der Waals surface area contributed by atoms with Crippen molar-refractivity contribution >= 4 is 17.7 Å². The van der Waals surface area contributed by atoms with E-state index in [1.165, 1.54) is 63.1 Å². The van der Waals surface area contributed by atoms with Crippen LogP contribution < -0.4 is 0 Å². The Morgan fingerprint density at radius 3 is 1.90 bits per heavy atom. The Bertz CT molecular complexity index is 222.